The number of fused-ring (bicyclic) bond motifs is 3. The third-order valence-electron chi connectivity index (χ3n) is 5.17. The molecule has 27 heavy (non-hydrogen) atoms. The molecule has 0 saturated carbocycles. The molecule has 2 aliphatic heterocycles. The van der Waals surface area contributed by atoms with Gasteiger partial charge in [-0.05, 0) is 25.5 Å². The fourth-order valence-electron chi connectivity index (χ4n) is 3.86. The molecule has 0 unspecified atom stereocenters. The topological polar surface area (TPSA) is 81.1 Å². The van der Waals surface area contributed by atoms with Crippen molar-refractivity contribution in [3.63, 3.8) is 0 Å². The minimum atomic E-state index is 0.193. The van der Waals surface area contributed by atoms with E-state index < -0.39 is 0 Å². The first-order valence-electron chi connectivity index (χ1n) is 9.06. The maximum Gasteiger partial charge on any atom is 0.152 e. The van der Waals surface area contributed by atoms with Crippen LogP contribution in [0.2, 0.25) is 0 Å². The monoisotopic (exact) mass is 381 g/mol. The van der Waals surface area contributed by atoms with Gasteiger partial charge in [-0.2, -0.15) is 0 Å². The van der Waals surface area contributed by atoms with E-state index in [9.17, 15) is 4.79 Å². The van der Waals surface area contributed by atoms with Gasteiger partial charge in [-0.15, -0.1) is 10.2 Å². The molecular weight excluding hydrogens is 362 g/mol. The Morgan fingerprint density at radius 2 is 2.22 bits per heavy atom. The number of ketones is 1. The van der Waals surface area contributed by atoms with Crippen LogP contribution in [-0.2, 0) is 16.0 Å². The van der Waals surface area contributed by atoms with E-state index in [1.165, 1.54) is 0 Å². The quantitative estimate of drug-likeness (QED) is 0.669. The van der Waals surface area contributed by atoms with Gasteiger partial charge in [0.2, 0.25) is 0 Å². The highest BCUT2D eigenvalue weighted by Gasteiger charge is 2.39. The van der Waals surface area contributed by atoms with Crippen molar-refractivity contribution >= 4 is 28.0 Å². The molecule has 5 heterocycles. The normalized spacial score (nSPS) is 22.0. The zero-order valence-corrected chi connectivity index (χ0v) is 15.8. The van der Waals surface area contributed by atoms with Gasteiger partial charge in [-0.3, -0.25) is 19.7 Å². The van der Waals surface area contributed by atoms with Crippen molar-refractivity contribution in [2.45, 2.75) is 31.9 Å². The van der Waals surface area contributed by atoms with Crippen molar-refractivity contribution in [2.75, 3.05) is 19.7 Å². The van der Waals surface area contributed by atoms with E-state index in [4.69, 9.17) is 4.74 Å². The average Bonchev–Trinajstić information content (AvgIpc) is 3.38. The Bertz CT molecular complexity index is 1020. The summed E-state index contributed by atoms with van der Waals surface area (Å²) in [7, 11) is 0. The van der Waals surface area contributed by atoms with Crippen LogP contribution in [0.1, 0.15) is 17.1 Å². The van der Waals surface area contributed by atoms with E-state index in [-0.39, 0.29) is 5.78 Å². The molecule has 0 aliphatic carbocycles. The van der Waals surface area contributed by atoms with Crippen molar-refractivity contribution in [1.82, 2.24) is 25.1 Å². The van der Waals surface area contributed by atoms with Crippen LogP contribution in [0.5, 0.6) is 0 Å². The minimum Gasteiger partial charge on any atom is -0.375 e. The average molecular weight is 381 g/mol. The molecule has 0 radical (unpaired) electrons. The summed E-state index contributed by atoms with van der Waals surface area (Å²) < 4.78 is 5.60. The number of morpholine rings is 1. The van der Waals surface area contributed by atoms with Crippen molar-refractivity contribution in [2.24, 2.45) is 0 Å². The van der Waals surface area contributed by atoms with E-state index in [0.717, 1.165) is 51.7 Å². The number of hydrogen-bond donors (Lipinski definition) is 0. The lowest BCUT2D eigenvalue weighted by atomic mass is 10.1. The number of rotatable bonds is 5. The summed E-state index contributed by atoms with van der Waals surface area (Å²) in [5, 5.41) is 11.0. The van der Waals surface area contributed by atoms with E-state index in [0.29, 0.717) is 25.1 Å². The number of hydrogen-bond acceptors (Lipinski definition) is 8. The number of nitrogens with zero attached hydrogens (tertiary/aromatic N) is 5. The van der Waals surface area contributed by atoms with Crippen LogP contribution in [0.15, 0.2) is 24.5 Å². The van der Waals surface area contributed by atoms with Gasteiger partial charge in [0.1, 0.15) is 10.0 Å². The summed E-state index contributed by atoms with van der Waals surface area (Å²) in [5.41, 5.74) is 2.52. The smallest absolute Gasteiger partial charge is 0.152 e. The molecule has 5 rings (SSSR count). The fraction of sp³-hybridized carbons (Fsp3) is 0.421. The molecule has 8 heteroatoms. The maximum atomic E-state index is 12.5. The van der Waals surface area contributed by atoms with E-state index in [1.807, 2.05) is 19.1 Å². The Labute approximate surface area is 160 Å². The largest absolute Gasteiger partial charge is 0.375 e. The van der Waals surface area contributed by atoms with Crippen LogP contribution in [0.25, 0.3) is 21.5 Å². The molecule has 2 fully saturated rings. The second kappa shape index (κ2) is 6.70. The highest BCUT2D eigenvalue weighted by Crippen LogP contribution is 2.28. The molecule has 7 nitrogen and oxygen atoms in total. The molecule has 138 valence electrons. The van der Waals surface area contributed by atoms with Crippen LogP contribution in [-0.4, -0.2) is 62.7 Å². The molecular formula is C19H19N5O2S. The van der Waals surface area contributed by atoms with E-state index in [1.54, 1.807) is 23.7 Å². The van der Waals surface area contributed by atoms with Crippen molar-refractivity contribution in [1.29, 1.82) is 0 Å². The van der Waals surface area contributed by atoms with Gasteiger partial charge in [-0.1, -0.05) is 11.3 Å². The fourth-order valence-corrected chi connectivity index (χ4v) is 4.53. The molecule has 2 bridgehead atoms. The summed E-state index contributed by atoms with van der Waals surface area (Å²) in [6.07, 6.45) is 5.24. The third kappa shape index (κ3) is 3.36. The van der Waals surface area contributed by atoms with Crippen LogP contribution in [0.4, 0.5) is 0 Å². The van der Waals surface area contributed by atoms with Gasteiger partial charge in [-0.25, -0.2) is 0 Å². The number of aromatic nitrogens is 4. The number of ether oxygens (including phenoxy) is 1. The molecule has 3 aromatic rings. The molecule has 0 amide bonds. The lowest BCUT2D eigenvalue weighted by molar-refractivity contribution is -0.120. The predicted molar refractivity (Wildman–Crippen MR) is 102 cm³/mol. The van der Waals surface area contributed by atoms with Gasteiger partial charge in [0.25, 0.3) is 0 Å². The number of carbonyl (C=O) groups excluding carboxylic acids is 1. The number of pyridine rings is 2. The molecule has 2 atom stereocenters. The number of aryl methyl sites for hydroxylation is 1. The molecule has 0 N–H and O–H groups in total. The SMILES string of the molecule is Cc1nnc(-c2cnc3cnc(CC(=O)CN4C[C@@H]5C[C@H]4CO5)cc3c2)s1. The summed E-state index contributed by atoms with van der Waals surface area (Å²) >= 11 is 1.54. The first-order chi connectivity index (χ1) is 13.1. The van der Waals surface area contributed by atoms with Crippen LogP contribution < -0.4 is 0 Å². The zero-order valence-electron chi connectivity index (χ0n) is 15.0. The predicted octanol–water partition coefficient (Wildman–Crippen LogP) is 2.04. The minimum absolute atomic E-state index is 0.193. The Morgan fingerprint density at radius 1 is 1.30 bits per heavy atom. The Balaban J connectivity index is 1.33. The van der Waals surface area contributed by atoms with Gasteiger partial charge in [0, 0.05) is 35.4 Å². The van der Waals surface area contributed by atoms with Crippen molar-refractivity contribution in [3.05, 3.63) is 35.2 Å². The van der Waals surface area contributed by atoms with Gasteiger partial charge >= 0.3 is 0 Å². The third-order valence-corrected chi connectivity index (χ3v) is 6.06. The number of Topliss-reactive ketones (excluding diaryl/α,β-unsaturated/α-hetero) is 1. The van der Waals surface area contributed by atoms with Crippen LogP contribution in [0.3, 0.4) is 0 Å². The van der Waals surface area contributed by atoms with Crippen LogP contribution >= 0.6 is 11.3 Å². The molecule has 0 aromatic carbocycles. The Hall–Kier alpha value is -2.29. The van der Waals surface area contributed by atoms with E-state index in [2.05, 4.69) is 25.1 Å². The molecule has 3 aromatic heterocycles. The molecule has 2 saturated heterocycles. The first kappa shape index (κ1) is 16.9. The molecule has 0 spiro atoms. The zero-order chi connectivity index (χ0) is 18.4. The Kier molecular flexibility index (Phi) is 4.18. The highest BCUT2D eigenvalue weighted by atomic mass is 32.1. The van der Waals surface area contributed by atoms with Crippen molar-refractivity contribution < 1.29 is 9.53 Å². The highest BCUT2D eigenvalue weighted by molar-refractivity contribution is 7.14. The second-order valence-electron chi connectivity index (χ2n) is 7.21. The van der Waals surface area contributed by atoms with Crippen LogP contribution in [0, 0.1) is 6.92 Å². The molecule has 2 aliphatic rings. The first-order valence-corrected chi connectivity index (χ1v) is 9.88. The number of likely N-dealkylation sites (tertiary alicyclic amines) is 1. The van der Waals surface area contributed by atoms with Gasteiger partial charge < -0.3 is 4.74 Å². The van der Waals surface area contributed by atoms with E-state index >= 15 is 0 Å². The summed E-state index contributed by atoms with van der Waals surface area (Å²) in [4.78, 5) is 23.7. The lowest BCUT2D eigenvalue weighted by Crippen LogP contribution is -2.40. The summed E-state index contributed by atoms with van der Waals surface area (Å²) in [5.74, 6) is 0.193. The lowest BCUT2D eigenvalue weighted by Gasteiger charge is -2.25. The van der Waals surface area contributed by atoms with Crippen molar-refractivity contribution in [3.8, 4) is 10.6 Å². The summed E-state index contributed by atoms with van der Waals surface area (Å²) in [6, 6.07) is 4.40. The number of carbonyl (C=O) groups is 1. The second-order valence-corrected chi connectivity index (χ2v) is 8.39. The maximum absolute atomic E-state index is 12.5. The van der Waals surface area contributed by atoms with Gasteiger partial charge in [0.15, 0.2) is 5.78 Å². The van der Waals surface area contributed by atoms with Gasteiger partial charge in [0.05, 0.1) is 37.4 Å². The summed E-state index contributed by atoms with van der Waals surface area (Å²) in [6.45, 7) is 4.04. The Morgan fingerprint density at radius 3 is 2.96 bits per heavy atom. The standard InChI is InChI=1S/C19H19N5O2S/c1-11-22-23-19(27-11)13-2-12-3-14(20-7-18(12)21-6-13)4-16(25)8-24-9-17-5-15(24)10-26-17/h2-3,6-7,15,17H,4-5,8-10H2,1H3/t15-,17-/m0/s1.